The minimum Gasteiger partial charge on any atom is -0.497 e. The van der Waals surface area contributed by atoms with E-state index < -0.39 is 0 Å². The molecule has 0 atom stereocenters. The molecule has 0 spiro atoms. The van der Waals surface area contributed by atoms with Gasteiger partial charge in [0.1, 0.15) is 5.75 Å². The van der Waals surface area contributed by atoms with E-state index in [1.165, 1.54) is 12.6 Å². The van der Waals surface area contributed by atoms with E-state index in [2.05, 4.69) is 15.2 Å². The largest absolute Gasteiger partial charge is 0.497 e. The zero-order valence-corrected chi connectivity index (χ0v) is 9.53. The zero-order valence-electron chi connectivity index (χ0n) is 9.53. The fourth-order valence-electron chi connectivity index (χ4n) is 1.52. The highest BCUT2D eigenvalue weighted by atomic mass is 16.5. The van der Waals surface area contributed by atoms with E-state index in [1.54, 1.807) is 7.11 Å². The van der Waals surface area contributed by atoms with Crippen molar-refractivity contribution in [2.45, 2.75) is 0 Å². The van der Waals surface area contributed by atoms with Crippen molar-refractivity contribution in [2.24, 2.45) is 0 Å². The van der Waals surface area contributed by atoms with Gasteiger partial charge < -0.3 is 13.6 Å². The van der Waals surface area contributed by atoms with Crippen molar-refractivity contribution >= 4 is 0 Å². The summed E-state index contributed by atoms with van der Waals surface area (Å²) in [7, 11) is 1.60. The van der Waals surface area contributed by atoms with Crippen LogP contribution in [-0.2, 0) is 0 Å². The van der Waals surface area contributed by atoms with Crippen LogP contribution in [-0.4, -0.2) is 22.3 Å². The molecular formula is C12H9N3O3. The lowest BCUT2D eigenvalue weighted by molar-refractivity contribution is 0.414. The summed E-state index contributed by atoms with van der Waals surface area (Å²) < 4.78 is 15.7. The Labute approximate surface area is 102 Å². The number of methoxy groups -OCH3 is 1. The summed E-state index contributed by atoms with van der Waals surface area (Å²) >= 11 is 0. The highest BCUT2D eigenvalue weighted by molar-refractivity contribution is 5.57. The van der Waals surface area contributed by atoms with Crippen molar-refractivity contribution in [3.8, 4) is 28.9 Å². The number of hydrogen-bond acceptors (Lipinski definition) is 6. The second-order valence-corrected chi connectivity index (χ2v) is 3.51. The summed E-state index contributed by atoms with van der Waals surface area (Å²) in [6.45, 7) is 0. The molecule has 0 fully saturated rings. The summed E-state index contributed by atoms with van der Waals surface area (Å²) in [6.07, 6.45) is 2.83. The Kier molecular flexibility index (Phi) is 2.53. The molecule has 0 saturated carbocycles. The molecule has 18 heavy (non-hydrogen) atoms. The third kappa shape index (κ3) is 1.84. The first-order chi connectivity index (χ1) is 8.86. The van der Waals surface area contributed by atoms with Gasteiger partial charge in [-0.15, -0.1) is 10.2 Å². The molecule has 0 amide bonds. The van der Waals surface area contributed by atoms with E-state index in [0.29, 0.717) is 17.5 Å². The standard InChI is InChI=1S/C12H9N3O3/c1-16-9-4-2-3-8(5-9)11-14-15-12(18-11)10-6-13-7-17-10/h2-7H,1H3. The number of aromatic nitrogens is 3. The van der Waals surface area contributed by atoms with Crippen molar-refractivity contribution in [1.29, 1.82) is 0 Å². The Bertz CT molecular complexity index is 646. The summed E-state index contributed by atoms with van der Waals surface area (Å²) in [4.78, 5) is 3.79. The van der Waals surface area contributed by atoms with Crippen LogP contribution in [0, 0.1) is 0 Å². The topological polar surface area (TPSA) is 74.2 Å². The smallest absolute Gasteiger partial charge is 0.285 e. The van der Waals surface area contributed by atoms with E-state index in [4.69, 9.17) is 13.6 Å². The number of ether oxygens (including phenoxy) is 1. The Hall–Kier alpha value is -2.63. The van der Waals surface area contributed by atoms with Crippen molar-refractivity contribution in [3.63, 3.8) is 0 Å². The van der Waals surface area contributed by atoms with E-state index >= 15 is 0 Å². The predicted molar refractivity (Wildman–Crippen MR) is 61.8 cm³/mol. The third-order valence-electron chi connectivity index (χ3n) is 2.38. The molecule has 3 aromatic rings. The van der Waals surface area contributed by atoms with Gasteiger partial charge in [-0.2, -0.15) is 0 Å². The summed E-state index contributed by atoms with van der Waals surface area (Å²) in [5, 5.41) is 7.86. The van der Waals surface area contributed by atoms with Crippen molar-refractivity contribution in [1.82, 2.24) is 15.2 Å². The van der Waals surface area contributed by atoms with E-state index in [0.717, 1.165) is 11.3 Å². The maximum absolute atomic E-state index is 5.50. The normalized spacial score (nSPS) is 10.5. The van der Waals surface area contributed by atoms with E-state index in [9.17, 15) is 0 Å². The molecule has 0 bridgehead atoms. The lowest BCUT2D eigenvalue weighted by Crippen LogP contribution is -1.83. The molecule has 2 heterocycles. The molecule has 1 aromatic carbocycles. The molecule has 6 heteroatoms. The summed E-state index contributed by atoms with van der Waals surface area (Å²) in [5.74, 6) is 1.87. The molecule has 6 nitrogen and oxygen atoms in total. The van der Waals surface area contributed by atoms with E-state index in [1.807, 2.05) is 24.3 Å². The molecule has 0 aliphatic heterocycles. The van der Waals surface area contributed by atoms with Gasteiger partial charge in [0.15, 0.2) is 6.39 Å². The third-order valence-corrected chi connectivity index (χ3v) is 2.38. The lowest BCUT2D eigenvalue weighted by Gasteiger charge is -1.99. The predicted octanol–water partition coefficient (Wildman–Crippen LogP) is 2.40. The number of benzene rings is 1. The van der Waals surface area contributed by atoms with Gasteiger partial charge in [0.25, 0.3) is 5.89 Å². The minimum atomic E-state index is 0.297. The summed E-state index contributed by atoms with van der Waals surface area (Å²) in [5.41, 5.74) is 0.785. The molecule has 0 N–H and O–H groups in total. The Balaban J connectivity index is 1.97. The molecule has 0 saturated heterocycles. The van der Waals surface area contributed by atoms with Gasteiger partial charge in [-0.3, -0.25) is 0 Å². The fourth-order valence-corrected chi connectivity index (χ4v) is 1.52. The molecule has 3 rings (SSSR count). The molecule has 0 aliphatic rings. The first kappa shape index (κ1) is 10.5. The maximum Gasteiger partial charge on any atom is 0.285 e. The zero-order chi connectivity index (χ0) is 12.4. The SMILES string of the molecule is COc1cccc(-c2nnc(-c3cnco3)o2)c1. The minimum absolute atomic E-state index is 0.297. The Morgan fingerprint density at radius 2 is 2.06 bits per heavy atom. The average Bonchev–Trinajstić information content (AvgIpc) is 3.09. The fraction of sp³-hybridized carbons (Fsp3) is 0.0833. The van der Waals surface area contributed by atoms with Crippen LogP contribution in [0.15, 0.2) is 45.7 Å². The van der Waals surface area contributed by atoms with Crippen molar-refractivity contribution in [2.75, 3.05) is 7.11 Å². The van der Waals surface area contributed by atoms with Gasteiger partial charge in [0.05, 0.1) is 13.3 Å². The second kappa shape index (κ2) is 4.33. The highest BCUT2D eigenvalue weighted by Crippen LogP contribution is 2.25. The van der Waals surface area contributed by atoms with Crippen LogP contribution < -0.4 is 4.74 Å². The van der Waals surface area contributed by atoms with Gasteiger partial charge in [0.2, 0.25) is 11.7 Å². The molecule has 2 aromatic heterocycles. The van der Waals surface area contributed by atoms with Crippen molar-refractivity contribution < 1.29 is 13.6 Å². The number of hydrogen-bond donors (Lipinski definition) is 0. The average molecular weight is 243 g/mol. The number of oxazole rings is 1. The number of nitrogens with zero attached hydrogens (tertiary/aromatic N) is 3. The van der Waals surface area contributed by atoms with Gasteiger partial charge in [-0.05, 0) is 18.2 Å². The molecular weight excluding hydrogens is 234 g/mol. The number of rotatable bonds is 3. The Morgan fingerprint density at radius 3 is 2.83 bits per heavy atom. The van der Waals surface area contributed by atoms with Gasteiger partial charge >= 0.3 is 0 Å². The van der Waals surface area contributed by atoms with Gasteiger partial charge in [-0.25, -0.2) is 4.98 Å². The van der Waals surface area contributed by atoms with Crippen LogP contribution in [0.3, 0.4) is 0 Å². The summed E-state index contributed by atoms with van der Waals surface area (Å²) in [6, 6.07) is 7.38. The Morgan fingerprint density at radius 1 is 1.17 bits per heavy atom. The van der Waals surface area contributed by atoms with Crippen LogP contribution in [0.2, 0.25) is 0 Å². The molecule has 0 aliphatic carbocycles. The molecule has 0 unspecified atom stereocenters. The first-order valence-corrected chi connectivity index (χ1v) is 5.23. The lowest BCUT2D eigenvalue weighted by atomic mass is 10.2. The van der Waals surface area contributed by atoms with Crippen LogP contribution in [0.5, 0.6) is 5.75 Å². The van der Waals surface area contributed by atoms with Gasteiger partial charge in [-0.1, -0.05) is 6.07 Å². The van der Waals surface area contributed by atoms with E-state index in [-0.39, 0.29) is 0 Å². The monoisotopic (exact) mass is 243 g/mol. The second-order valence-electron chi connectivity index (χ2n) is 3.51. The molecule has 0 radical (unpaired) electrons. The molecule has 90 valence electrons. The van der Waals surface area contributed by atoms with Crippen molar-refractivity contribution in [3.05, 3.63) is 36.9 Å². The maximum atomic E-state index is 5.50. The van der Waals surface area contributed by atoms with Crippen LogP contribution in [0.1, 0.15) is 0 Å². The first-order valence-electron chi connectivity index (χ1n) is 5.23. The van der Waals surface area contributed by atoms with Gasteiger partial charge in [0, 0.05) is 5.56 Å². The van der Waals surface area contributed by atoms with Crippen LogP contribution in [0.25, 0.3) is 23.1 Å². The van der Waals surface area contributed by atoms with Crippen LogP contribution >= 0.6 is 0 Å². The quantitative estimate of drug-likeness (QED) is 0.703. The highest BCUT2D eigenvalue weighted by Gasteiger charge is 2.13. The van der Waals surface area contributed by atoms with Crippen LogP contribution in [0.4, 0.5) is 0 Å².